The molecule has 5 nitrogen and oxygen atoms in total. The molecule has 1 amide bonds. The molecule has 0 radical (unpaired) electrons. The van der Waals surface area contributed by atoms with Gasteiger partial charge in [0.1, 0.15) is 17.2 Å². The van der Waals surface area contributed by atoms with Gasteiger partial charge in [0.25, 0.3) is 0 Å². The fraction of sp³-hybridized carbons (Fsp3) is 0.353. The summed E-state index contributed by atoms with van der Waals surface area (Å²) in [5.41, 5.74) is 0.904. The Hall–Kier alpha value is -1.92. The molecular formula is C17H19ClN2O3S. The van der Waals surface area contributed by atoms with Crippen LogP contribution in [0.1, 0.15) is 26.5 Å². The minimum absolute atomic E-state index is 0.101. The number of esters is 1. The zero-order valence-electron chi connectivity index (χ0n) is 13.8. The highest BCUT2D eigenvalue weighted by Crippen LogP contribution is 2.30. The number of halogens is 1. The van der Waals surface area contributed by atoms with Gasteiger partial charge in [0.15, 0.2) is 0 Å². The molecule has 1 heterocycles. The van der Waals surface area contributed by atoms with Gasteiger partial charge in [0, 0.05) is 10.9 Å². The van der Waals surface area contributed by atoms with Gasteiger partial charge in [0.2, 0.25) is 5.91 Å². The minimum Gasteiger partial charge on any atom is -0.459 e. The Morgan fingerprint density at radius 2 is 2.00 bits per heavy atom. The summed E-state index contributed by atoms with van der Waals surface area (Å²) >= 11 is 7.57. The summed E-state index contributed by atoms with van der Waals surface area (Å²) in [5.74, 6) is -0.747. The molecular weight excluding hydrogens is 348 g/mol. The molecule has 1 aromatic heterocycles. The zero-order valence-corrected chi connectivity index (χ0v) is 15.3. The second kappa shape index (κ2) is 7.77. The number of hydrogen-bond donors (Lipinski definition) is 1. The van der Waals surface area contributed by atoms with Crippen LogP contribution in [0.2, 0.25) is 5.02 Å². The lowest BCUT2D eigenvalue weighted by Gasteiger charge is -2.19. The molecule has 1 aromatic carbocycles. The zero-order chi connectivity index (χ0) is 17.7. The highest BCUT2D eigenvalue weighted by Gasteiger charge is 2.17. The first kappa shape index (κ1) is 18.4. The molecule has 24 heavy (non-hydrogen) atoms. The first-order valence-electron chi connectivity index (χ1n) is 7.42. The summed E-state index contributed by atoms with van der Waals surface area (Å²) in [4.78, 5) is 27.9. The van der Waals surface area contributed by atoms with E-state index in [0.717, 1.165) is 10.6 Å². The fourth-order valence-corrected chi connectivity index (χ4v) is 3.06. The van der Waals surface area contributed by atoms with Gasteiger partial charge in [-0.25, -0.2) is 4.98 Å². The van der Waals surface area contributed by atoms with E-state index in [2.05, 4.69) is 10.3 Å². The average Bonchev–Trinajstić information content (AvgIpc) is 2.92. The number of rotatable bonds is 5. The van der Waals surface area contributed by atoms with E-state index < -0.39 is 11.6 Å². The maximum atomic E-state index is 11.9. The van der Waals surface area contributed by atoms with Crippen LogP contribution in [0, 0.1) is 0 Å². The second-order valence-electron chi connectivity index (χ2n) is 6.16. The topological polar surface area (TPSA) is 68.3 Å². The Balaban J connectivity index is 1.89. The molecule has 2 rings (SSSR count). The molecule has 0 saturated heterocycles. The van der Waals surface area contributed by atoms with E-state index in [1.807, 2.05) is 23.6 Å². The van der Waals surface area contributed by atoms with E-state index in [0.29, 0.717) is 10.7 Å². The third-order valence-electron chi connectivity index (χ3n) is 2.85. The molecule has 128 valence electrons. The number of aromatic nitrogens is 1. The minimum atomic E-state index is -0.569. The van der Waals surface area contributed by atoms with Crippen molar-refractivity contribution in [3.05, 3.63) is 40.4 Å². The van der Waals surface area contributed by atoms with Crippen molar-refractivity contribution < 1.29 is 14.3 Å². The highest BCUT2D eigenvalue weighted by molar-refractivity contribution is 7.13. The van der Waals surface area contributed by atoms with Crippen LogP contribution in [-0.2, 0) is 20.7 Å². The fourth-order valence-electron chi connectivity index (χ4n) is 1.92. The normalized spacial score (nSPS) is 11.2. The summed E-state index contributed by atoms with van der Waals surface area (Å²) in [5, 5.41) is 5.73. The van der Waals surface area contributed by atoms with Gasteiger partial charge < -0.3 is 10.1 Å². The number of ether oxygens (including phenoxy) is 1. The van der Waals surface area contributed by atoms with Crippen LogP contribution in [0.25, 0.3) is 10.6 Å². The lowest BCUT2D eigenvalue weighted by atomic mass is 10.2. The Labute approximate surface area is 150 Å². The lowest BCUT2D eigenvalue weighted by molar-refractivity contribution is -0.154. The first-order chi connectivity index (χ1) is 11.2. The highest BCUT2D eigenvalue weighted by atomic mass is 35.5. The van der Waals surface area contributed by atoms with Gasteiger partial charge in [-0.05, 0) is 26.8 Å². The van der Waals surface area contributed by atoms with Crippen LogP contribution >= 0.6 is 22.9 Å². The van der Waals surface area contributed by atoms with Crippen LogP contribution in [0.15, 0.2) is 29.6 Å². The van der Waals surface area contributed by atoms with Gasteiger partial charge in [0.05, 0.1) is 17.1 Å². The molecule has 2 aromatic rings. The van der Waals surface area contributed by atoms with Crippen molar-refractivity contribution in [2.24, 2.45) is 0 Å². The van der Waals surface area contributed by atoms with Crippen molar-refractivity contribution >= 4 is 34.8 Å². The van der Waals surface area contributed by atoms with E-state index in [9.17, 15) is 9.59 Å². The molecule has 1 N–H and O–H groups in total. The van der Waals surface area contributed by atoms with Gasteiger partial charge in [-0.2, -0.15) is 0 Å². The molecule has 0 aliphatic rings. The monoisotopic (exact) mass is 366 g/mol. The van der Waals surface area contributed by atoms with Crippen molar-refractivity contribution in [3.63, 3.8) is 0 Å². The van der Waals surface area contributed by atoms with E-state index in [-0.39, 0.29) is 18.9 Å². The number of nitrogens with one attached hydrogen (secondary N) is 1. The molecule has 0 spiro atoms. The van der Waals surface area contributed by atoms with Crippen LogP contribution in [0.3, 0.4) is 0 Å². The van der Waals surface area contributed by atoms with Crippen molar-refractivity contribution in [3.8, 4) is 10.6 Å². The lowest BCUT2D eigenvalue weighted by Crippen LogP contribution is -2.35. The smallest absolute Gasteiger partial charge is 0.325 e. The standard InChI is InChI=1S/C17H19ClN2O3S/c1-17(2,3)23-15(22)9-19-14(21)8-11-10-24-16(20-11)12-6-4-5-7-13(12)18/h4-7,10H,8-9H2,1-3H3,(H,19,21). The average molecular weight is 367 g/mol. The van der Waals surface area contributed by atoms with Crippen molar-refractivity contribution in [1.82, 2.24) is 10.3 Å². The molecule has 0 bridgehead atoms. The summed E-state index contributed by atoms with van der Waals surface area (Å²) in [7, 11) is 0. The Kier molecular flexibility index (Phi) is 5.96. The Morgan fingerprint density at radius 1 is 1.29 bits per heavy atom. The van der Waals surface area contributed by atoms with Crippen molar-refractivity contribution in [1.29, 1.82) is 0 Å². The SMILES string of the molecule is CC(C)(C)OC(=O)CNC(=O)Cc1csc(-c2ccccc2Cl)n1. The van der Waals surface area contributed by atoms with Crippen LogP contribution < -0.4 is 5.32 Å². The van der Waals surface area contributed by atoms with Gasteiger partial charge in [-0.3, -0.25) is 9.59 Å². The van der Waals surface area contributed by atoms with Crippen molar-refractivity contribution in [2.45, 2.75) is 32.8 Å². The number of hydrogen-bond acceptors (Lipinski definition) is 5. The van der Waals surface area contributed by atoms with Gasteiger partial charge in [-0.15, -0.1) is 11.3 Å². The molecule has 0 aliphatic carbocycles. The van der Waals surface area contributed by atoms with E-state index in [1.54, 1.807) is 26.8 Å². The predicted octanol–water partition coefficient (Wildman–Crippen LogP) is 3.46. The van der Waals surface area contributed by atoms with Crippen LogP contribution in [-0.4, -0.2) is 29.0 Å². The molecule has 0 atom stereocenters. The van der Waals surface area contributed by atoms with Crippen LogP contribution in [0.4, 0.5) is 0 Å². The van der Waals surface area contributed by atoms with Crippen LogP contribution in [0.5, 0.6) is 0 Å². The maximum Gasteiger partial charge on any atom is 0.325 e. The first-order valence-corrected chi connectivity index (χ1v) is 8.68. The van der Waals surface area contributed by atoms with E-state index in [4.69, 9.17) is 16.3 Å². The third-order valence-corrected chi connectivity index (χ3v) is 4.10. The van der Waals surface area contributed by atoms with Gasteiger partial charge in [-0.1, -0.05) is 29.8 Å². The summed E-state index contributed by atoms with van der Waals surface area (Å²) < 4.78 is 5.13. The molecule has 0 aliphatic heterocycles. The van der Waals surface area contributed by atoms with Gasteiger partial charge >= 0.3 is 5.97 Å². The largest absolute Gasteiger partial charge is 0.459 e. The number of carbonyl (C=O) groups is 2. The number of nitrogens with zero attached hydrogens (tertiary/aromatic N) is 1. The third kappa shape index (κ3) is 5.62. The number of amides is 1. The Bertz CT molecular complexity index is 737. The summed E-state index contributed by atoms with van der Waals surface area (Å²) in [6.07, 6.45) is 0.101. The molecule has 7 heteroatoms. The quantitative estimate of drug-likeness (QED) is 0.823. The number of thiazole rings is 1. The van der Waals surface area contributed by atoms with E-state index >= 15 is 0 Å². The number of benzene rings is 1. The molecule has 0 unspecified atom stereocenters. The summed E-state index contributed by atoms with van der Waals surface area (Å²) in [6, 6.07) is 7.42. The Morgan fingerprint density at radius 3 is 2.67 bits per heavy atom. The predicted molar refractivity (Wildman–Crippen MR) is 95.1 cm³/mol. The second-order valence-corrected chi connectivity index (χ2v) is 7.43. The summed E-state index contributed by atoms with van der Waals surface area (Å²) in [6.45, 7) is 5.17. The van der Waals surface area contributed by atoms with E-state index in [1.165, 1.54) is 11.3 Å². The maximum absolute atomic E-state index is 11.9. The van der Waals surface area contributed by atoms with Crippen molar-refractivity contribution in [2.75, 3.05) is 6.54 Å². The molecule has 0 saturated carbocycles. The number of carbonyl (C=O) groups excluding carboxylic acids is 2. The molecule has 0 fully saturated rings.